The van der Waals surface area contributed by atoms with Crippen LogP contribution in [0.1, 0.15) is 35.6 Å². The number of aryl methyl sites for hydroxylation is 2. The molecule has 0 radical (unpaired) electrons. The zero-order valence-corrected chi connectivity index (χ0v) is 11.1. The van der Waals surface area contributed by atoms with E-state index in [1.54, 1.807) is 0 Å². The fourth-order valence-corrected chi connectivity index (χ4v) is 2.49. The molecule has 0 N–H and O–H groups in total. The lowest BCUT2D eigenvalue weighted by molar-refractivity contribution is -0.128. The topological polar surface area (TPSA) is 26.3 Å². The smallest absolute Gasteiger partial charge is 0.138 e. The third kappa shape index (κ3) is 2.36. The van der Waals surface area contributed by atoms with E-state index in [1.165, 1.54) is 11.1 Å². The lowest BCUT2D eigenvalue weighted by Gasteiger charge is -2.24. The molecule has 0 spiro atoms. The first kappa shape index (κ1) is 11.8. The summed E-state index contributed by atoms with van der Waals surface area (Å²) in [6.07, 6.45) is 1.03. The molecule has 1 atom stereocenters. The van der Waals surface area contributed by atoms with E-state index in [4.69, 9.17) is 4.74 Å². The van der Waals surface area contributed by atoms with Gasteiger partial charge in [0.05, 0.1) is 12.7 Å². The number of ketones is 1. The van der Waals surface area contributed by atoms with Crippen molar-refractivity contribution in [3.8, 4) is 0 Å². The number of ether oxygens (including phenoxy) is 1. The molecule has 0 saturated carbocycles. The van der Waals surface area contributed by atoms with Crippen LogP contribution in [-0.2, 0) is 9.53 Å². The highest BCUT2D eigenvalue weighted by atomic mass is 79.9. The number of carbonyl (C=O) groups excluding carboxylic acids is 1. The van der Waals surface area contributed by atoms with E-state index < -0.39 is 0 Å². The molecule has 0 aliphatic carbocycles. The maximum atomic E-state index is 11.4. The number of hydrogen-bond acceptors (Lipinski definition) is 2. The van der Waals surface area contributed by atoms with E-state index in [2.05, 4.69) is 41.9 Å². The molecule has 1 aromatic carbocycles. The van der Waals surface area contributed by atoms with Gasteiger partial charge in [-0.1, -0.05) is 22.0 Å². The lowest BCUT2D eigenvalue weighted by Crippen LogP contribution is -2.20. The minimum Gasteiger partial charge on any atom is -0.373 e. The van der Waals surface area contributed by atoms with Gasteiger partial charge in [-0.2, -0.15) is 0 Å². The van der Waals surface area contributed by atoms with Crippen molar-refractivity contribution in [3.63, 3.8) is 0 Å². The molecule has 0 aromatic heterocycles. The molecule has 2 rings (SSSR count). The molecule has 0 bridgehead atoms. The van der Waals surface area contributed by atoms with Crippen molar-refractivity contribution >= 4 is 21.7 Å². The summed E-state index contributed by atoms with van der Waals surface area (Å²) in [4.78, 5) is 11.4. The van der Waals surface area contributed by atoms with Crippen LogP contribution < -0.4 is 0 Å². The van der Waals surface area contributed by atoms with E-state index in [-0.39, 0.29) is 6.10 Å². The lowest BCUT2D eigenvalue weighted by atomic mass is 9.95. The van der Waals surface area contributed by atoms with Gasteiger partial charge < -0.3 is 4.74 Å². The summed E-state index contributed by atoms with van der Waals surface area (Å²) >= 11 is 3.51. The Hall–Kier alpha value is -0.670. The summed E-state index contributed by atoms with van der Waals surface area (Å²) < 4.78 is 6.78. The first-order valence-electron chi connectivity index (χ1n) is 5.48. The first-order valence-corrected chi connectivity index (χ1v) is 6.27. The molecule has 16 heavy (non-hydrogen) atoms. The van der Waals surface area contributed by atoms with Gasteiger partial charge in [-0.3, -0.25) is 4.79 Å². The average Bonchev–Trinajstić information content (AvgIpc) is 2.23. The summed E-state index contributed by atoms with van der Waals surface area (Å²) in [5.41, 5.74) is 3.51. The van der Waals surface area contributed by atoms with Gasteiger partial charge in [-0.05, 0) is 36.6 Å². The summed E-state index contributed by atoms with van der Waals surface area (Å²) in [7, 11) is 0. The zero-order chi connectivity index (χ0) is 11.7. The largest absolute Gasteiger partial charge is 0.373 e. The Kier molecular flexibility index (Phi) is 3.45. The summed E-state index contributed by atoms with van der Waals surface area (Å²) in [5, 5.41) is 0. The second-order valence-electron chi connectivity index (χ2n) is 4.31. The van der Waals surface area contributed by atoms with Gasteiger partial charge in [0.15, 0.2) is 0 Å². The van der Waals surface area contributed by atoms with Crippen LogP contribution in [0.15, 0.2) is 16.6 Å². The molecule has 1 aliphatic rings. The van der Waals surface area contributed by atoms with Gasteiger partial charge in [0.25, 0.3) is 0 Å². The number of Topliss-reactive ketones (excluding diaryl/α,β-unsaturated/α-hetero) is 1. The summed E-state index contributed by atoms with van der Waals surface area (Å²) in [6, 6.07) is 4.20. The second-order valence-corrected chi connectivity index (χ2v) is 5.16. The van der Waals surface area contributed by atoms with Crippen LogP contribution in [0.2, 0.25) is 0 Å². The molecule has 2 nitrogen and oxygen atoms in total. The van der Waals surface area contributed by atoms with Crippen molar-refractivity contribution in [2.45, 2.75) is 32.8 Å². The van der Waals surface area contributed by atoms with Crippen molar-refractivity contribution in [3.05, 3.63) is 33.3 Å². The Balaban J connectivity index is 2.32. The summed E-state index contributed by atoms with van der Waals surface area (Å²) in [6.45, 7) is 4.66. The van der Waals surface area contributed by atoms with Crippen molar-refractivity contribution < 1.29 is 9.53 Å². The van der Waals surface area contributed by atoms with Crippen LogP contribution in [-0.4, -0.2) is 12.4 Å². The van der Waals surface area contributed by atoms with Crippen LogP contribution in [0.25, 0.3) is 0 Å². The monoisotopic (exact) mass is 282 g/mol. The fraction of sp³-hybridized carbons (Fsp3) is 0.462. The van der Waals surface area contributed by atoms with E-state index in [1.807, 2.05) is 0 Å². The highest BCUT2D eigenvalue weighted by Gasteiger charge is 2.23. The van der Waals surface area contributed by atoms with Gasteiger partial charge in [0, 0.05) is 17.3 Å². The summed E-state index contributed by atoms with van der Waals surface area (Å²) in [5.74, 6) is 0.302. The van der Waals surface area contributed by atoms with Crippen LogP contribution in [0.5, 0.6) is 0 Å². The fourth-order valence-electron chi connectivity index (χ4n) is 2.03. The van der Waals surface area contributed by atoms with Crippen molar-refractivity contribution in [1.29, 1.82) is 0 Å². The highest BCUT2D eigenvalue weighted by molar-refractivity contribution is 9.10. The predicted molar refractivity (Wildman–Crippen MR) is 66.6 cm³/mol. The number of hydrogen-bond donors (Lipinski definition) is 0. The average molecular weight is 283 g/mol. The molecule has 1 heterocycles. The maximum absolute atomic E-state index is 11.4. The number of rotatable bonds is 1. The van der Waals surface area contributed by atoms with Crippen LogP contribution in [0.3, 0.4) is 0 Å². The normalized spacial score (nSPS) is 21.2. The zero-order valence-electron chi connectivity index (χ0n) is 9.55. The van der Waals surface area contributed by atoms with E-state index in [9.17, 15) is 4.79 Å². The molecule has 1 aliphatic heterocycles. The van der Waals surface area contributed by atoms with E-state index in [0.29, 0.717) is 25.2 Å². The molecule has 0 amide bonds. The SMILES string of the molecule is Cc1cc(C2CC(=O)CCO2)c(C)cc1Br. The van der Waals surface area contributed by atoms with Gasteiger partial charge >= 0.3 is 0 Å². The molecule has 1 unspecified atom stereocenters. The predicted octanol–water partition coefficient (Wildman–Crippen LogP) is 3.49. The first-order chi connectivity index (χ1) is 7.58. The second kappa shape index (κ2) is 4.68. The third-order valence-electron chi connectivity index (χ3n) is 3.01. The molecule has 3 heteroatoms. The van der Waals surface area contributed by atoms with Gasteiger partial charge in [0.1, 0.15) is 5.78 Å². The quantitative estimate of drug-likeness (QED) is 0.788. The van der Waals surface area contributed by atoms with Gasteiger partial charge in [-0.15, -0.1) is 0 Å². The maximum Gasteiger partial charge on any atom is 0.138 e. The van der Waals surface area contributed by atoms with Gasteiger partial charge in [-0.25, -0.2) is 0 Å². The molecular weight excluding hydrogens is 268 g/mol. The number of halogens is 1. The van der Waals surface area contributed by atoms with Crippen molar-refractivity contribution in [1.82, 2.24) is 0 Å². The number of carbonyl (C=O) groups is 1. The minimum absolute atomic E-state index is 0.0481. The van der Waals surface area contributed by atoms with E-state index in [0.717, 1.165) is 10.0 Å². The molecule has 86 valence electrons. The van der Waals surface area contributed by atoms with Gasteiger partial charge in [0.2, 0.25) is 0 Å². The molecule has 1 saturated heterocycles. The Bertz CT molecular complexity index is 426. The number of benzene rings is 1. The van der Waals surface area contributed by atoms with Crippen LogP contribution in [0.4, 0.5) is 0 Å². The van der Waals surface area contributed by atoms with E-state index >= 15 is 0 Å². The Morgan fingerprint density at radius 3 is 2.75 bits per heavy atom. The standard InChI is InChI=1S/C13H15BrO2/c1-8-6-12(14)9(2)5-11(8)13-7-10(15)3-4-16-13/h5-6,13H,3-4,7H2,1-2H3. The Morgan fingerprint density at radius 2 is 2.06 bits per heavy atom. The van der Waals surface area contributed by atoms with Crippen molar-refractivity contribution in [2.75, 3.05) is 6.61 Å². The molecule has 1 fully saturated rings. The van der Waals surface area contributed by atoms with Crippen molar-refractivity contribution in [2.24, 2.45) is 0 Å². The molecular formula is C13H15BrO2. The Labute approximate surface area is 104 Å². The highest BCUT2D eigenvalue weighted by Crippen LogP contribution is 2.31. The van der Waals surface area contributed by atoms with Crippen LogP contribution >= 0.6 is 15.9 Å². The Morgan fingerprint density at radius 1 is 1.31 bits per heavy atom. The molecule has 1 aromatic rings. The minimum atomic E-state index is -0.0481. The van der Waals surface area contributed by atoms with Crippen LogP contribution in [0, 0.1) is 13.8 Å². The third-order valence-corrected chi connectivity index (χ3v) is 3.86.